The first kappa shape index (κ1) is 14.1. The van der Waals surface area contributed by atoms with E-state index in [0.29, 0.717) is 22.3 Å². The Kier molecular flexibility index (Phi) is 3.52. The first-order valence-corrected chi connectivity index (χ1v) is 6.67. The summed E-state index contributed by atoms with van der Waals surface area (Å²) >= 11 is 9.46. The predicted octanol–water partition coefficient (Wildman–Crippen LogP) is 0.618. The number of aromatic nitrogens is 8. The largest absolute Gasteiger partial charge is 0.339 e. The van der Waals surface area contributed by atoms with Crippen molar-refractivity contribution in [2.24, 2.45) is 0 Å². The third-order valence-corrected chi connectivity index (χ3v) is 3.06. The molecule has 112 valence electrons. The molecule has 0 unspecified atom stereocenters. The third-order valence-electron chi connectivity index (χ3n) is 2.65. The van der Waals surface area contributed by atoms with Crippen molar-refractivity contribution in [3.8, 4) is 0 Å². The van der Waals surface area contributed by atoms with E-state index >= 15 is 0 Å². The summed E-state index contributed by atoms with van der Waals surface area (Å²) in [6, 6.07) is 0. The smallest absolute Gasteiger partial charge is 0.277 e. The molecule has 22 heavy (non-hydrogen) atoms. The molecule has 0 amide bonds. The monoisotopic (exact) mass is 336 g/mol. The lowest BCUT2D eigenvalue weighted by Gasteiger charge is -1.85. The van der Waals surface area contributed by atoms with Gasteiger partial charge in [0.2, 0.25) is 0 Å². The molecule has 0 aliphatic rings. The van der Waals surface area contributed by atoms with Crippen molar-refractivity contribution in [2.45, 2.75) is 0 Å². The molecular formula is C10H8N8O2S2. The second-order valence-corrected chi connectivity index (χ2v) is 4.89. The van der Waals surface area contributed by atoms with Crippen LogP contribution in [0.5, 0.6) is 0 Å². The van der Waals surface area contributed by atoms with E-state index in [1.165, 1.54) is 12.7 Å². The Morgan fingerprint density at radius 2 is 1.14 bits per heavy atom. The minimum atomic E-state index is -0.249. The van der Waals surface area contributed by atoms with Gasteiger partial charge in [0.1, 0.15) is 11.0 Å². The molecule has 0 fully saturated rings. The first-order valence-electron chi connectivity index (χ1n) is 5.86. The van der Waals surface area contributed by atoms with Gasteiger partial charge in [-0.25, -0.2) is 9.97 Å². The van der Waals surface area contributed by atoms with Gasteiger partial charge >= 0.3 is 0 Å². The number of aromatic amines is 6. The van der Waals surface area contributed by atoms with Gasteiger partial charge in [0, 0.05) is 0 Å². The molecule has 0 saturated heterocycles. The minimum absolute atomic E-state index is 0.249. The van der Waals surface area contributed by atoms with Crippen molar-refractivity contribution in [1.29, 1.82) is 0 Å². The third kappa shape index (κ3) is 2.64. The lowest BCUT2D eigenvalue weighted by Crippen LogP contribution is -2.07. The van der Waals surface area contributed by atoms with Gasteiger partial charge in [-0.15, -0.1) is 0 Å². The molecule has 0 bridgehead atoms. The lowest BCUT2D eigenvalue weighted by molar-refractivity contribution is 1.12. The summed E-state index contributed by atoms with van der Waals surface area (Å²) in [5.41, 5.74) is 1.30. The number of H-pyrrole nitrogens is 6. The van der Waals surface area contributed by atoms with Crippen LogP contribution in [0.1, 0.15) is 0 Å². The van der Waals surface area contributed by atoms with E-state index in [9.17, 15) is 9.59 Å². The van der Waals surface area contributed by atoms with Crippen LogP contribution < -0.4 is 11.1 Å². The maximum absolute atomic E-state index is 11.0. The van der Waals surface area contributed by atoms with Crippen LogP contribution in [0.25, 0.3) is 22.3 Å². The average Bonchev–Trinajstić information content (AvgIpc) is 3.07. The fourth-order valence-corrected chi connectivity index (χ4v) is 2.11. The van der Waals surface area contributed by atoms with E-state index < -0.39 is 0 Å². The number of fused-ring (bicyclic) bond motifs is 2. The van der Waals surface area contributed by atoms with Crippen LogP contribution in [0, 0.1) is 9.54 Å². The topological polar surface area (TPSA) is 155 Å². The zero-order chi connectivity index (χ0) is 15.7. The van der Waals surface area contributed by atoms with Crippen molar-refractivity contribution in [3.63, 3.8) is 0 Å². The maximum atomic E-state index is 11.0. The Bertz CT molecular complexity index is 1080. The second-order valence-electron chi connectivity index (χ2n) is 4.07. The van der Waals surface area contributed by atoms with Crippen molar-refractivity contribution in [3.05, 3.63) is 42.9 Å². The molecule has 0 aromatic carbocycles. The van der Waals surface area contributed by atoms with Gasteiger partial charge < -0.3 is 19.9 Å². The number of nitrogens with one attached hydrogen (secondary N) is 6. The summed E-state index contributed by atoms with van der Waals surface area (Å²) in [5.74, 6) is 0. The molecule has 4 rings (SSSR count). The standard InChI is InChI=1S/2C5H4N4OS/c2*10-4-2-3(7-1-6-2)8-5(11)9-4/h2*1H,(H3,6,7,8,9,10,11). The Labute approximate surface area is 130 Å². The fourth-order valence-electron chi connectivity index (χ4n) is 1.73. The van der Waals surface area contributed by atoms with E-state index in [1.807, 2.05) is 0 Å². The van der Waals surface area contributed by atoms with Gasteiger partial charge in [-0.3, -0.25) is 19.6 Å². The molecular weight excluding hydrogens is 328 g/mol. The minimum Gasteiger partial charge on any atom is -0.339 e. The van der Waals surface area contributed by atoms with Gasteiger partial charge in [-0.1, -0.05) is 0 Å². The van der Waals surface area contributed by atoms with Gasteiger partial charge in [-0.05, 0) is 24.4 Å². The van der Waals surface area contributed by atoms with E-state index in [4.69, 9.17) is 24.4 Å². The maximum Gasteiger partial charge on any atom is 0.277 e. The molecule has 4 heterocycles. The molecule has 0 radical (unpaired) electrons. The highest BCUT2D eigenvalue weighted by Gasteiger charge is 1.99. The quantitative estimate of drug-likeness (QED) is 0.259. The SMILES string of the molecule is O=c1[nH]c(=S)[nH]c2nc[nH]c12.O=c1[nH]c(=S)[nH]c2nc[nH]c12. The summed E-state index contributed by atoms with van der Waals surface area (Å²) in [6.07, 6.45) is 2.87. The second kappa shape index (κ2) is 5.50. The van der Waals surface area contributed by atoms with E-state index in [2.05, 4.69) is 39.9 Å². The molecule has 0 spiro atoms. The van der Waals surface area contributed by atoms with Crippen LogP contribution in [-0.2, 0) is 0 Å². The molecule has 0 atom stereocenters. The van der Waals surface area contributed by atoms with Gasteiger partial charge in [0.15, 0.2) is 20.8 Å². The predicted molar refractivity (Wildman–Crippen MR) is 83.8 cm³/mol. The summed E-state index contributed by atoms with van der Waals surface area (Å²) in [7, 11) is 0. The number of hydrogen-bond donors (Lipinski definition) is 6. The van der Waals surface area contributed by atoms with Crippen molar-refractivity contribution in [1.82, 2.24) is 39.9 Å². The van der Waals surface area contributed by atoms with Crippen LogP contribution in [0.15, 0.2) is 22.2 Å². The van der Waals surface area contributed by atoms with Gasteiger partial charge in [-0.2, -0.15) is 0 Å². The van der Waals surface area contributed by atoms with Crippen LogP contribution in [0.2, 0.25) is 0 Å². The van der Waals surface area contributed by atoms with Crippen LogP contribution in [-0.4, -0.2) is 39.9 Å². The first-order chi connectivity index (χ1) is 10.5. The zero-order valence-corrected chi connectivity index (χ0v) is 12.3. The van der Waals surface area contributed by atoms with E-state index in [1.54, 1.807) is 0 Å². The van der Waals surface area contributed by atoms with Crippen LogP contribution in [0.3, 0.4) is 0 Å². The zero-order valence-electron chi connectivity index (χ0n) is 10.7. The highest BCUT2D eigenvalue weighted by Crippen LogP contribution is 1.96. The lowest BCUT2D eigenvalue weighted by atomic mass is 10.6. The van der Waals surface area contributed by atoms with E-state index in [-0.39, 0.29) is 20.7 Å². The fraction of sp³-hybridized carbons (Fsp3) is 0. The summed E-state index contributed by atoms with van der Waals surface area (Å²) in [4.78, 5) is 45.5. The van der Waals surface area contributed by atoms with E-state index in [0.717, 1.165) is 0 Å². The normalized spacial score (nSPS) is 10.5. The number of nitrogens with zero attached hydrogens (tertiary/aromatic N) is 2. The van der Waals surface area contributed by atoms with Gasteiger partial charge in [0.25, 0.3) is 11.1 Å². The molecule has 0 saturated carbocycles. The Balaban J connectivity index is 0.000000131. The van der Waals surface area contributed by atoms with Crippen LogP contribution >= 0.6 is 24.4 Å². The van der Waals surface area contributed by atoms with Gasteiger partial charge in [0.05, 0.1) is 12.7 Å². The summed E-state index contributed by atoms with van der Waals surface area (Å²) in [5, 5.41) is 0. The van der Waals surface area contributed by atoms with Crippen molar-refractivity contribution < 1.29 is 0 Å². The molecule has 6 N–H and O–H groups in total. The van der Waals surface area contributed by atoms with Crippen molar-refractivity contribution in [2.75, 3.05) is 0 Å². The highest BCUT2D eigenvalue weighted by atomic mass is 32.1. The van der Waals surface area contributed by atoms with Crippen LogP contribution in [0.4, 0.5) is 0 Å². The highest BCUT2D eigenvalue weighted by molar-refractivity contribution is 7.71. The number of imidazole rings is 2. The number of hydrogen-bond acceptors (Lipinski definition) is 6. The molecule has 10 nitrogen and oxygen atoms in total. The Morgan fingerprint density at radius 1 is 0.727 bits per heavy atom. The molecule has 4 aromatic heterocycles. The number of rotatable bonds is 0. The average molecular weight is 336 g/mol. The molecule has 12 heteroatoms. The Hall–Kier alpha value is -2.86. The Morgan fingerprint density at radius 3 is 1.55 bits per heavy atom. The van der Waals surface area contributed by atoms with Crippen molar-refractivity contribution >= 4 is 46.8 Å². The summed E-state index contributed by atoms with van der Waals surface area (Å²) < 4.78 is 0.573. The summed E-state index contributed by atoms with van der Waals surface area (Å²) in [6.45, 7) is 0. The molecule has 0 aliphatic carbocycles. The molecule has 0 aliphatic heterocycles. The molecule has 4 aromatic rings.